The minimum Gasteiger partial charge on any atom is -0.492 e. The zero-order valence-corrected chi connectivity index (χ0v) is 12.0. The van der Waals surface area contributed by atoms with E-state index in [0.29, 0.717) is 19.8 Å². The Morgan fingerprint density at radius 2 is 1.83 bits per heavy atom. The van der Waals surface area contributed by atoms with Gasteiger partial charge in [-0.3, -0.25) is 0 Å². The first kappa shape index (κ1) is 15.4. The zero-order chi connectivity index (χ0) is 13.1. The van der Waals surface area contributed by atoms with E-state index in [2.05, 4.69) is 21.2 Å². The second kappa shape index (κ2) is 10.3. The molecule has 0 amide bonds. The Hall–Kier alpha value is -0.620. The summed E-state index contributed by atoms with van der Waals surface area (Å²) < 4.78 is 11.8. The van der Waals surface area contributed by atoms with Crippen molar-refractivity contribution in [1.29, 1.82) is 0 Å². The molecule has 102 valence electrons. The molecular weight excluding hydrogens is 298 g/mol. The molecule has 0 bridgehead atoms. The summed E-state index contributed by atoms with van der Waals surface area (Å²) in [5, 5.41) is 11.8. The summed E-state index contributed by atoms with van der Waals surface area (Å²) in [6.07, 6.45) is 0.943. The van der Waals surface area contributed by atoms with Crippen molar-refractivity contribution in [3.05, 3.63) is 28.7 Å². The summed E-state index contributed by atoms with van der Waals surface area (Å²) in [7, 11) is 0. The van der Waals surface area contributed by atoms with Crippen molar-refractivity contribution >= 4 is 15.9 Å². The van der Waals surface area contributed by atoms with Crippen LogP contribution in [0.1, 0.15) is 6.42 Å². The highest BCUT2D eigenvalue weighted by molar-refractivity contribution is 9.10. The van der Waals surface area contributed by atoms with Crippen LogP contribution in [0.15, 0.2) is 28.7 Å². The SMILES string of the molecule is OCCOCCCNCCOc1ccc(Br)cc1. The van der Waals surface area contributed by atoms with Gasteiger partial charge < -0.3 is 19.9 Å². The highest BCUT2D eigenvalue weighted by Gasteiger charge is 1.93. The molecule has 0 atom stereocenters. The number of hydrogen-bond donors (Lipinski definition) is 2. The molecule has 0 aromatic heterocycles. The van der Waals surface area contributed by atoms with Gasteiger partial charge in [-0.25, -0.2) is 0 Å². The van der Waals surface area contributed by atoms with Crippen molar-refractivity contribution in [1.82, 2.24) is 5.32 Å². The molecule has 18 heavy (non-hydrogen) atoms. The Labute approximate surface area is 116 Å². The minimum absolute atomic E-state index is 0.0917. The number of hydrogen-bond acceptors (Lipinski definition) is 4. The van der Waals surface area contributed by atoms with Crippen molar-refractivity contribution < 1.29 is 14.6 Å². The largest absolute Gasteiger partial charge is 0.492 e. The lowest BCUT2D eigenvalue weighted by Gasteiger charge is -2.07. The Kier molecular flexibility index (Phi) is 8.85. The molecule has 1 aromatic carbocycles. The molecule has 0 unspecified atom stereocenters. The summed E-state index contributed by atoms with van der Waals surface area (Å²) in [5.41, 5.74) is 0. The van der Waals surface area contributed by atoms with Crippen LogP contribution in [0.4, 0.5) is 0 Å². The monoisotopic (exact) mass is 317 g/mol. The van der Waals surface area contributed by atoms with Crippen LogP contribution in [-0.4, -0.2) is 44.6 Å². The fourth-order valence-electron chi connectivity index (χ4n) is 1.36. The lowest BCUT2D eigenvalue weighted by atomic mass is 10.3. The first-order valence-corrected chi connectivity index (χ1v) is 6.90. The van der Waals surface area contributed by atoms with Gasteiger partial charge in [0.25, 0.3) is 0 Å². The predicted molar refractivity (Wildman–Crippen MR) is 75.0 cm³/mol. The van der Waals surface area contributed by atoms with Crippen molar-refractivity contribution in [3.8, 4) is 5.75 Å². The van der Waals surface area contributed by atoms with Gasteiger partial charge in [0.05, 0.1) is 13.2 Å². The first-order chi connectivity index (χ1) is 8.83. The van der Waals surface area contributed by atoms with Gasteiger partial charge in [-0.05, 0) is 37.2 Å². The highest BCUT2D eigenvalue weighted by atomic mass is 79.9. The van der Waals surface area contributed by atoms with Gasteiger partial charge in [0.2, 0.25) is 0 Å². The number of nitrogens with one attached hydrogen (secondary N) is 1. The minimum atomic E-state index is 0.0917. The maximum absolute atomic E-state index is 8.50. The van der Waals surface area contributed by atoms with E-state index in [1.54, 1.807) is 0 Å². The van der Waals surface area contributed by atoms with E-state index in [1.165, 1.54) is 0 Å². The Bertz CT molecular complexity index is 306. The molecule has 5 heteroatoms. The molecule has 0 spiro atoms. The number of rotatable bonds is 10. The van der Waals surface area contributed by atoms with Crippen molar-refractivity contribution in [3.63, 3.8) is 0 Å². The van der Waals surface area contributed by atoms with Crippen LogP contribution in [0.25, 0.3) is 0 Å². The lowest BCUT2D eigenvalue weighted by Crippen LogP contribution is -2.23. The highest BCUT2D eigenvalue weighted by Crippen LogP contribution is 2.15. The number of halogens is 1. The van der Waals surface area contributed by atoms with Crippen molar-refractivity contribution in [2.75, 3.05) is 39.5 Å². The number of benzene rings is 1. The molecule has 0 fully saturated rings. The van der Waals surface area contributed by atoms with E-state index >= 15 is 0 Å². The van der Waals surface area contributed by atoms with Gasteiger partial charge in [-0.15, -0.1) is 0 Å². The standard InChI is InChI=1S/C13H20BrNO3/c14-12-2-4-13(5-3-12)18-10-7-15-6-1-9-17-11-8-16/h2-5,15-16H,1,6-11H2. The third-order valence-electron chi connectivity index (χ3n) is 2.24. The zero-order valence-electron chi connectivity index (χ0n) is 10.4. The van der Waals surface area contributed by atoms with Gasteiger partial charge in [0, 0.05) is 17.6 Å². The van der Waals surface area contributed by atoms with Crippen LogP contribution in [-0.2, 0) is 4.74 Å². The summed E-state index contributed by atoms with van der Waals surface area (Å²) in [4.78, 5) is 0. The van der Waals surface area contributed by atoms with Crippen LogP contribution in [0, 0.1) is 0 Å². The molecule has 0 aliphatic rings. The Balaban J connectivity index is 1.91. The molecule has 0 radical (unpaired) electrons. The van der Waals surface area contributed by atoms with Crippen LogP contribution in [0.3, 0.4) is 0 Å². The van der Waals surface area contributed by atoms with Crippen molar-refractivity contribution in [2.45, 2.75) is 6.42 Å². The number of aliphatic hydroxyl groups excluding tert-OH is 1. The van der Waals surface area contributed by atoms with Gasteiger partial charge in [-0.1, -0.05) is 15.9 Å². The summed E-state index contributed by atoms with van der Waals surface area (Å²) in [5.74, 6) is 0.881. The molecule has 0 heterocycles. The van der Waals surface area contributed by atoms with E-state index < -0.39 is 0 Å². The fraction of sp³-hybridized carbons (Fsp3) is 0.538. The maximum Gasteiger partial charge on any atom is 0.119 e. The van der Waals surface area contributed by atoms with Crippen LogP contribution >= 0.6 is 15.9 Å². The van der Waals surface area contributed by atoms with E-state index in [0.717, 1.165) is 29.7 Å². The third kappa shape index (κ3) is 7.66. The second-order valence-corrected chi connectivity index (χ2v) is 4.66. The van der Waals surface area contributed by atoms with E-state index in [4.69, 9.17) is 14.6 Å². The van der Waals surface area contributed by atoms with Crippen molar-refractivity contribution in [2.24, 2.45) is 0 Å². The topological polar surface area (TPSA) is 50.7 Å². The first-order valence-electron chi connectivity index (χ1n) is 6.10. The molecule has 4 nitrogen and oxygen atoms in total. The third-order valence-corrected chi connectivity index (χ3v) is 2.77. The normalized spacial score (nSPS) is 10.6. The molecule has 0 saturated carbocycles. The number of aliphatic hydroxyl groups is 1. The molecule has 0 aliphatic carbocycles. The smallest absolute Gasteiger partial charge is 0.119 e. The average molecular weight is 318 g/mol. The second-order valence-electron chi connectivity index (χ2n) is 3.74. The van der Waals surface area contributed by atoms with Gasteiger partial charge in [0.15, 0.2) is 0 Å². The molecule has 0 saturated heterocycles. The molecule has 0 aliphatic heterocycles. The Morgan fingerprint density at radius 1 is 1.06 bits per heavy atom. The fourth-order valence-corrected chi connectivity index (χ4v) is 1.63. The lowest BCUT2D eigenvalue weighted by molar-refractivity contribution is 0.0906. The molecule has 1 rings (SSSR count). The Morgan fingerprint density at radius 3 is 2.56 bits per heavy atom. The van der Waals surface area contributed by atoms with E-state index in [-0.39, 0.29) is 6.61 Å². The van der Waals surface area contributed by atoms with Gasteiger partial charge in [-0.2, -0.15) is 0 Å². The maximum atomic E-state index is 8.50. The van der Waals surface area contributed by atoms with Gasteiger partial charge >= 0.3 is 0 Å². The summed E-state index contributed by atoms with van der Waals surface area (Å²) in [6.45, 7) is 3.56. The summed E-state index contributed by atoms with van der Waals surface area (Å²) in [6, 6.07) is 7.79. The quantitative estimate of drug-likeness (QED) is 0.646. The van der Waals surface area contributed by atoms with E-state index in [1.807, 2.05) is 24.3 Å². The molecular formula is C13H20BrNO3. The number of ether oxygens (including phenoxy) is 2. The van der Waals surface area contributed by atoms with Crippen LogP contribution < -0.4 is 10.1 Å². The predicted octanol–water partition coefficient (Wildman–Crippen LogP) is 1.82. The molecule has 1 aromatic rings. The van der Waals surface area contributed by atoms with Crippen LogP contribution in [0.2, 0.25) is 0 Å². The van der Waals surface area contributed by atoms with E-state index in [9.17, 15) is 0 Å². The van der Waals surface area contributed by atoms with Crippen LogP contribution in [0.5, 0.6) is 5.75 Å². The average Bonchev–Trinajstić information content (AvgIpc) is 2.39. The molecule has 2 N–H and O–H groups in total. The van der Waals surface area contributed by atoms with Gasteiger partial charge in [0.1, 0.15) is 12.4 Å². The summed E-state index contributed by atoms with van der Waals surface area (Å²) >= 11 is 3.38.